The first-order chi connectivity index (χ1) is 26.3. The summed E-state index contributed by atoms with van der Waals surface area (Å²) in [6, 6.07) is 9.48. The first-order valence-electron chi connectivity index (χ1n) is 23.0. The van der Waals surface area contributed by atoms with Gasteiger partial charge in [-0.05, 0) is 12.8 Å². The Kier molecular flexibility index (Phi) is 17.6. The number of aromatic amines is 4. The van der Waals surface area contributed by atoms with Crippen LogP contribution in [-0.4, -0.2) is 95.6 Å². The second-order valence-corrected chi connectivity index (χ2v) is 26.2. The second-order valence-electron chi connectivity index (χ2n) is 26.2. The van der Waals surface area contributed by atoms with Crippen molar-refractivity contribution in [3.05, 3.63) is 69.8 Å². The van der Waals surface area contributed by atoms with Crippen LogP contribution in [0, 0.1) is 0 Å². The fourth-order valence-corrected chi connectivity index (χ4v) is 7.98. The van der Waals surface area contributed by atoms with Crippen LogP contribution >= 0.6 is 0 Å². The molecule has 1 saturated heterocycles. The molecule has 334 valence electrons. The zero-order chi connectivity index (χ0) is 45.5. The van der Waals surface area contributed by atoms with Gasteiger partial charge < -0.3 is 23.1 Å². The van der Waals surface area contributed by atoms with Crippen molar-refractivity contribution in [1.82, 2.24) is 18.4 Å². The number of rotatable bonds is 4. The maximum atomic E-state index is 4.94. The second kappa shape index (κ2) is 19.3. The molecule has 9 nitrogen and oxygen atoms in total. The van der Waals surface area contributed by atoms with E-state index in [0.29, 0.717) is 0 Å². The van der Waals surface area contributed by atoms with E-state index in [-0.39, 0.29) is 92.2 Å². The maximum absolute atomic E-state index is 4.94. The standard InChI is InChI=1S/2C22H40BN4.C4H8O.Ba/c2*1-19(2,3)15-13-17(21(7,8)9)26(24-15)23-27-18(22(10,11)12)14-16(25-27)20(4,5)6;1-2-4-5-3-1;/h2*13-14H,23H2,1-12H3;1-4H2;/q2*-1;;+2/p+4. The summed E-state index contributed by atoms with van der Waals surface area (Å²) in [5.41, 5.74) is 11.6. The van der Waals surface area contributed by atoms with Crippen molar-refractivity contribution < 1.29 is 25.1 Å². The molecule has 12 heteroatoms. The van der Waals surface area contributed by atoms with Gasteiger partial charge in [-0.1, -0.05) is 166 Å². The molecular formula is C48H92B2BaN8O+4. The van der Waals surface area contributed by atoms with Gasteiger partial charge in [0, 0.05) is 104 Å². The zero-order valence-corrected chi connectivity index (χ0v) is 48.5. The Hall–Kier alpha value is -1.50. The number of aromatic nitrogens is 8. The number of nitrogens with zero attached hydrogens (tertiary/aromatic N) is 4. The Morgan fingerprint density at radius 3 is 0.650 bits per heavy atom. The third-order valence-electron chi connectivity index (χ3n) is 11.7. The summed E-state index contributed by atoms with van der Waals surface area (Å²) in [4.78, 5) is 0. The molecule has 60 heavy (non-hydrogen) atoms. The van der Waals surface area contributed by atoms with Gasteiger partial charge in [0.2, 0.25) is 22.8 Å². The molecule has 0 aromatic carbocycles. The molecule has 0 unspecified atom stereocenters. The molecule has 0 spiro atoms. The topological polar surface area (TPSA) is 85.5 Å². The molecule has 0 saturated carbocycles. The third kappa shape index (κ3) is 15.1. The molecule has 5 rings (SSSR count). The van der Waals surface area contributed by atoms with Crippen LogP contribution in [0.1, 0.15) is 225 Å². The van der Waals surface area contributed by atoms with Crippen LogP contribution in [0.5, 0.6) is 0 Å². The summed E-state index contributed by atoms with van der Waals surface area (Å²) in [6.45, 7) is 56.9. The quantitative estimate of drug-likeness (QED) is 0.196. The first kappa shape index (κ1) is 54.6. The molecule has 0 bridgehead atoms. The van der Waals surface area contributed by atoms with Crippen LogP contribution < -0.4 is 20.4 Å². The molecule has 1 aliphatic heterocycles. The van der Waals surface area contributed by atoms with Crippen molar-refractivity contribution in [2.75, 3.05) is 13.2 Å². The van der Waals surface area contributed by atoms with Gasteiger partial charge >= 0.3 is 48.9 Å². The first-order valence-corrected chi connectivity index (χ1v) is 23.0. The van der Waals surface area contributed by atoms with Crippen molar-refractivity contribution in [2.45, 2.75) is 222 Å². The summed E-state index contributed by atoms with van der Waals surface area (Å²) >= 11 is 0. The molecule has 0 radical (unpaired) electrons. The minimum atomic E-state index is -0.648. The van der Waals surface area contributed by atoms with E-state index in [9.17, 15) is 0 Å². The Labute approximate surface area is 409 Å². The normalized spacial score (nSPS) is 14.7. The Morgan fingerprint density at radius 1 is 0.350 bits per heavy atom. The number of ether oxygens (including phenoxy) is 1. The van der Waals surface area contributed by atoms with Crippen LogP contribution in [0.3, 0.4) is 0 Å². The fourth-order valence-electron chi connectivity index (χ4n) is 7.98. The molecule has 0 aliphatic carbocycles. The average Bonchev–Trinajstić information content (AvgIpc) is 3.84. The molecule has 1 aliphatic rings. The molecule has 0 amide bonds. The molecular weight excluding hydrogens is 864 g/mol. The summed E-state index contributed by atoms with van der Waals surface area (Å²) in [5, 5.41) is 14.9. The van der Waals surface area contributed by atoms with E-state index in [2.05, 4.69) is 229 Å². The predicted octanol–water partition coefficient (Wildman–Crippen LogP) is 7.42. The SMILES string of the molecule is C1CCOC1.CC(C)(C)c1cc(C(C)(C)C)n([BH2-]n2[nH+]c(C(C)(C)C)cc2C(C)(C)C)[nH+]1.CC(C)(C)c1cc(C(C)(C)C)n([BH2-]n2[nH+]c(C(C)(C)C)cc2C(C)(C)C)[nH+]1.[Ba+2]. The predicted molar refractivity (Wildman–Crippen MR) is 258 cm³/mol. The maximum Gasteiger partial charge on any atom is 2.00 e. The Balaban J connectivity index is 0.000000364. The summed E-state index contributed by atoms with van der Waals surface area (Å²) in [5.74, 6) is 0. The smallest absolute Gasteiger partial charge is 0.381 e. The zero-order valence-electron chi connectivity index (χ0n) is 44.0. The number of H-pyrrole nitrogens is 4. The molecule has 4 N–H and O–H groups in total. The van der Waals surface area contributed by atoms with Crippen molar-refractivity contribution in [3.63, 3.8) is 0 Å². The van der Waals surface area contributed by atoms with Crippen molar-refractivity contribution in [3.8, 4) is 0 Å². The largest absolute Gasteiger partial charge is 2.00 e. The van der Waals surface area contributed by atoms with E-state index in [1.54, 1.807) is 0 Å². The van der Waals surface area contributed by atoms with Gasteiger partial charge in [-0.2, -0.15) is 20.4 Å². The van der Waals surface area contributed by atoms with Gasteiger partial charge in [-0.15, -0.1) is 0 Å². The summed E-state index contributed by atoms with van der Waals surface area (Å²) < 4.78 is 14.7. The van der Waals surface area contributed by atoms with Crippen LogP contribution in [0.4, 0.5) is 0 Å². The minimum Gasteiger partial charge on any atom is -0.381 e. The number of hydrogen-bond donors (Lipinski definition) is 0. The molecule has 4 aromatic rings. The van der Waals surface area contributed by atoms with E-state index in [4.69, 9.17) is 4.74 Å². The summed E-state index contributed by atoms with van der Waals surface area (Å²) in [7, 11) is -1.30. The Morgan fingerprint density at radius 2 is 0.533 bits per heavy atom. The fraction of sp³-hybridized carbons (Fsp3) is 0.750. The van der Waals surface area contributed by atoms with Crippen molar-refractivity contribution in [1.29, 1.82) is 0 Å². The average molecular weight is 956 g/mol. The van der Waals surface area contributed by atoms with E-state index < -0.39 is 15.1 Å². The van der Waals surface area contributed by atoms with Gasteiger partial charge in [0.25, 0.3) is 15.1 Å². The van der Waals surface area contributed by atoms with Crippen LogP contribution in [-0.2, 0) is 48.1 Å². The molecule has 1 fully saturated rings. The number of hydrogen-bond acceptors (Lipinski definition) is 1. The minimum absolute atomic E-state index is 0. The Bertz CT molecular complexity index is 1690. The number of nitrogens with one attached hydrogen (secondary N) is 4. The monoisotopic (exact) mass is 957 g/mol. The van der Waals surface area contributed by atoms with Gasteiger partial charge in [-0.3, -0.25) is 0 Å². The molecule has 5 heterocycles. The van der Waals surface area contributed by atoms with Crippen LogP contribution in [0.25, 0.3) is 0 Å². The van der Waals surface area contributed by atoms with Gasteiger partial charge in [0.15, 0.2) is 0 Å². The van der Waals surface area contributed by atoms with Crippen molar-refractivity contribution in [2.24, 2.45) is 0 Å². The van der Waals surface area contributed by atoms with Gasteiger partial charge in [-0.25, -0.2) is 0 Å². The van der Waals surface area contributed by atoms with Gasteiger partial charge in [0.1, 0.15) is 0 Å². The van der Waals surface area contributed by atoms with E-state index in [1.807, 2.05) is 0 Å². The van der Waals surface area contributed by atoms with Crippen LogP contribution in [0.2, 0.25) is 0 Å². The third-order valence-corrected chi connectivity index (χ3v) is 11.7. The van der Waals surface area contributed by atoms with Crippen LogP contribution in [0.15, 0.2) is 24.3 Å². The van der Waals surface area contributed by atoms with E-state index >= 15 is 0 Å². The van der Waals surface area contributed by atoms with E-state index in [1.165, 1.54) is 58.4 Å². The van der Waals surface area contributed by atoms with Crippen molar-refractivity contribution >= 4 is 64.0 Å². The molecule has 0 atom stereocenters. The molecule has 4 aromatic heterocycles. The van der Waals surface area contributed by atoms with E-state index in [0.717, 1.165) is 13.2 Å². The summed E-state index contributed by atoms with van der Waals surface area (Å²) in [6.07, 6.45) is 2.56. The van der Waals surface area contributed by atoms with Gasteiger partial charge in [0.05, 0.1) is 0 Å².